The molecule has 0 bridgehead atoms. The molecule has 3 N–H and O–H groups in total. The van der Waals surface area contributed by atoms with Crippen LogP contribution in [0.5, 0.6) is 0 Å². The fraction of sp³-hybridized carbons (Fsp3) is 0.294. The van der Waals surface area contributed by atoms with Crippen LogP contribution in [-0.4, -0.2) is 10.9 Å². The van der Waals surface area contributed by atoms with Crippen LogP contribution in [0.4, 0.5) is 5.82 Å². The van der Waals surface area contributed by atoms with Crippen LogP contribution in [0.1, 0.15) is 40.5 Å². The van der Waals surface area contributed by atoms with Crippen molar-refractivity contribution in [2.45, 2.75) is 33.2 Å². The number of rotatable bonds is 5. The van der Waals surface area contributed by atoms with Gasteiger partial charge in [0.1, 0.15) is 5.82 Å². The third-order valence-electron chi connectivity index (χ3n) is 3.32. The lowest BCUT2D eigenvalue weighted by Crippen LogP contribution is -2.24. The maximum atomic E-state index is 12.1. The van der Waals surface area contributed by atoms with Crippen molar-refractivity contribution < 1.29 is 4.79 Å². The number of hydrogen-bond donors (Lipinski definition) is 2. The minimum Gasteiger partial charge on any atom is -0.383 e. The van der Waals surface area contributed by atoms with Gasteiger partial charge in [-0.1, -0.05) is 37.6 Å². The Morgan fingerprint density at radius 2 is 1.81 bits per heavy atom. The molecule has 0 aliphatic carbocycles. The number of carbonyl (C=O) groups is 1. The molecule has 1 aromatic heterocycles. The molecule has 0 saturated heterocycles. The number of aromatic nitrogens is 1. The average Bonchev–Trinajstić information content (AvgIpc) is 2.46. The summed E-state index contributed by atoms with van der Waals surface area (Å²) in [5.74, 6) is 0.0726. The molecule has 0 unspecified atom stereocenters. The van der Waals surface area contributed by atoms with Crippen molar-refractivity contribution in [1.29, 1.82) is 0 Å². The molecular weight excluding hydrogens is 262 g/mol. The summed E-state index contributed by atoms with van der Waals surface area (Å²) in [4.78, 5) is 16.2. The molecular formula is C17H21N3O. The molecule has 0 atom stereocenters. The summed E-state index contributed by atoms with van der Waals surface area (Å²) < 4.78 is 0. The first kappa shape index (κ1) is 15.0. The molecule has 4 nitrogen and oxygen atoms in total. The zero-order chi connectivity index (χ0) is 15.2. The summed E-state index contributed by atoms with van der Waals surface area (Å²) in [5.41, 5.74) is 9.38. The van der Waals surface area contributed by atoms with Crippen molar-refractivity contribution in [3.63, 3.8) is 0 Å². The Balaban J connectivity index is 1.97. The smallest absolute Gasteiger partial charge is 0.255 e. The number of aryl methyl sites for hydroxylation is 2. The molecule has 0 aliphatic heterocycles. The number of nitrogens with zero attached hydrogens (tertiary/aromatic N) is 1. The van der Waals surface area contributed by atoms with Crippen LogP contribution in [0.25, 0.3) is 0 Å². The van der Waals surface area contributed by atoms with Crippen LogP contribution in [0.3, 0.4) is 0 Å². The van der Waals surface area contributed by atoms with E-state index in [0.29, 0.717) is 12.1 Å². The van der Waals surface area contributed by atoms with E-state index >= 15 is 0 Å². The highest BCUT2D eigenvalue weighted by Gasteiger charge is 2.10. The highest BCUT2D eigenvalue weighted by molar-refractivity contribution is 5.98. The molecule has 0 fully saturated rings. The highest BCUT2D eigenvalue weighted by atomic mass is 16.1. The number of carbonyl (C=O) groups excluding carboxylic acids is 1. The molecule has 2 aromatic rings. The fourth-order valence-corrected chi connectivity index (χ4v) is 2.16. The van der Waals surface area contributed by atoms with E-state index in [2.05, 4.69) is 29.4 Å². The quantitative estimate of drug-likeness (QED) is 0.886. The van der Waals surface area contributed by atoms with Crippen molar-refractivity contribution in [2.75, 3.05) is 5.73 Å². The lowest BCUT2D eigenvalue weighted by Gasteiger charge is -2.08. The second-order valence-electron chi connectivity index (χ2n) is 5.13. The summed E-state index contributed by atoms with van der Waals surface area (Å²) in [5, 5.41) is 2.87. The van der Waals surface area contributed by atoms with Crippen LogP contribution >= 0.6 is 0 Å². The van der Waals surface area contributed by atoms with Gasteiger partial charge in [-0.3, -0.25) is 4.79 Å². The minimum absolute atomic E-state index is 0.197. The Hall–Kier alpha value is -2.36. The summed E-state index contributed by atoms with van der Waals surface area (Å²) >= 11 is 0. The number of nitrogens with one attached hydrogen (secondary N) is 1. The van der Waals surface area contributed by atoms with Gasteiger partial charge < -0.3 is 11.1 Å². The molecule has 0 spiro atoms. The van der Waals surface area contributed by atoms with E-state index in [9.17, 15) is 4.79 Å². The summed E-state index contributed by atoms with van der Waals surface area (Å²) in [6.07, 6.45) is 2.22. The van der Waals surface area contributed by atoms with Gasteiger partial charge in [0.05, 0.1) is 5.56 Å². The minimum atomic E-state index is -0.197. The molecule has 1 amide bonds. The average molecular weight is 283 g/mol. The van der Waals surface area contributed by atoms with Gasteiger partial charge in [-0.05, 0) is 36.6 Å². The molecule has 1 heterocycles. The zero-order valence-corrected chi connectivity index (χ0v) is 12.5. The van der Waals surface area contributed by atoms with E-state index in [1.807, 2.05) is 19.1 Å². The lowest BCUT2D eigenvalue weighted by atomic mass is 10.1. The number of nitrogen functional groups attached to an aromatic ring is 1. The number of hydrogen-bond acceptors (Lipinski definition) is 3. The maximum absolute atomic E-state index is 12.1. The number of benzene rings is 1. The number of nitrogens with two attached hydrogens (primary N) is 1. The van der Waals surface area contributed by atoms with E-state index in [4.69, 9.17) is 5.73 Å². The molecule has 0 saturated carbocycles. The molecule has 21 heavy (non-hydrogen) atoms. The van der Waals surface area contributed by atoms with E-state index in [1.54, 1.807) is 12.1 Å². The second kappa shape index (κ2) is 6.88. The number of anilines is 1. The SMILES string of the molecule is CCCc1ccc(CNC(=O)c2ccc(C)nc2N)cc1. The molecule has 4 heteroatoms. The van der Waals surface area contributed by atoms with E-state index in [-0.39, 0.29) is 11.7 Å². The Morgan fingerprint density at radius 3 is 2.43 bits per heavy atom. The van der Waals surface area contributed by atoms with Crippen molar-refractivity contribution in [3.8, 4) is 0 Å². The highest BCUT2D eigenvalue weighted by Crippen LogP contribution is 2.10. The first-order chi connectivity index (χ1) is 10.1. The Labute approximate surface area is 125 Å². The normalized spacial score (nSPS) is 10.4. The van der Waals surface area contributed by atoms with E-state index in [0.717, 1.165) is 24.1 Å². The van der Waals surface area contributed by atoms with Gasteiger partial charge in [0.2, 0.25) is 0 Å². The van der Waals surface area contributed by atoms with Crippen LogP contribution in [0.2, 0.25) is 0 Å². The number of pyridine rings is 1. The standard InChI is InChI=1S/C17H21N3O/c1-3-4-13-6-8-14(9-7-13)11-19-17(21)15-10-5-12(2)20-16(15)18/h5-10H,3-4,11H2,1-2H3,(H2,18,20)(H,19,21). The number of amides is 1. The third-order valence-corrected chi connectivity index (χ3v) is 3.32. The third kappa shape index (κ3) is 4.05. The van der Waals surface area contributed by atoms with Gasteiger partial charge in [0.15, 0.2) is 0 Å². The monoisotopic (exact) mass is 283 g/mol. The molecule has 110 valence electrons. The van der Waals surface area contributed by atoms with Crippen LogP contribution in [0, 0.1) is 6.92 Å². The molecule has 0 aliphatic rings. The predicted octanol–water partition coefficient (Wildman–Crippen LogP) is 2.85. The Kier molecular flexibility index (Phi) is 4.93. The van der Waals surface area contributed by atoms with Gasteiger partial charge in [-0.25, -0.2) is 4.98 Å². The first-order valence-corrected chi connectivity index (χ1v) is 7.19. The van der Waals surface area contributed by atoms with Crippen LogP contribution in [-0.2, 0) is 13.0 Å². The lowest BCUT2D eigenvalue weighted by molar-refractivity contribution is 0.0951. The molecule has 0 radical (unpaired) electrons. The van der Waals surface area contributed by atoms with Gasteiger partial charge in [-0.15, -0.1) is 0 Å². The molecule has 2 rings (SSSR count). The van der Waals surface area contributed by atoms with Gasteiger partial charge in [-0.2, -0.15) is 0 Å². The fourth-order valence-electron chi connectivity index (χ4n) is 2.16. The first-order valence-electron chi connectivity index (χ1n) is 7.19. The van der Waals surface area contributed by atoms with Gasteiger partial charge in [0.25, 0.3) is 5.91 Å². The topological polar surface area (TPSA) is 68.0 Å². The van der Waals surface area contributed by atoms with E-state index < -0.39 is 0 Å². The summed E-state index contributed by atoms with van der Waals surface area (Å²) in [7, 11) is 0. The predicted molar refractivity (Wildman–Crippen MR) is 85.0 cm³/mol. The summed E-state index contributed by atoms with van der Waals surface area (Å²) in [6, 6.07) is 11.8. The molecule has 1 aromatic carbocycles. The van der Waals surface area contributed by atoms with Crippen molar-refractivity contribution >= 4 is 11.7 Å². The van der Waals surface area contributed by atoms with Crippen molar-refractivity contribution in [3.05, 3.63) is 58.8 Å². The summed E-state index contributed by atoms with van der Waals surface area (Å²) in [6.45, 7) is 4.49. The van der Waals surface area contributed by atoms with Gasteiger partial charge >= 0.3 is 0 Å². The van der Waals surface area contributed by atoms with Crippen molar-refractivity contribution in [1.82, 2.24) is 10.3 Å². The van der Waals surface area contributed by atoms with Crippen molar-refractivity contribution in [2.24, 2.45) is 0 Å². The largest absolute Gasteiger partial charge is 0.383 e. The van der Waals surface area contributed by atoms with Gasteiger partial charge in [0, 0.05) is 12.2 Å². The van der Waals surface area contributed by atoms with Crippen LogP contribution in [0.15, 0.2) is 36.4 Å². The van der Waals surface area contributed by atoms with E-state index in [1.165, 1.54) is 5.56 Å². The maximum Gasteiger partial charge on any atom is 0.255 e. The van der Waals surface area contributed by atoms with Crippen LogP contribution < -0.4 is 11.1 Å². The second-order valence-corrected chi connectivity index (χ2v) is 5.13. The Bertz CT molecular complexity index is 620. The zero-order valence-electron chi connectivity index (χ0n) is 12.5. The Morgan fingerprint density at radius 1 is 1.14 bits per heavy atom.